The van der Waals surface area contributed by atoms with Gasteiger partial charge < -0.3 is 19.3 Å². The van der Waals surface area contributed by atoms with Gasteiger partial charge in [-0.05, 0) is 42.0 Å². The zero-order chi connectivity index (χ0) is 15.9. The summed E-state index contributed by atoms with van der Waals surface area (Å²) in [4.78, 5) is 11.4. The fraction of sp³-hybridized carbons (Fsp3) is 0.235. The third-order valence-electron chi connectivity index (χ3n) is 3.17. The number of hydrogen-bond donors (Lipinski definition) is 1. The molecule has 0 aromatic heterocycles. The molecule has 0 amide bonds. The maximum atomic E-state index is 11.4. The van der Waals surface area contributed by atoms with Crippen LogP contribution in [0.5, 0.6) is 17.2 Å². The van der Waals surface area contributed by atoms with Gasteiger partial charge in [0.2, 0.25) is 0 Å². The summed E-state index contributed by atoms with van der Waals surface area (Å²) in [7, 11) is 3.14. The van der Waals surface area contributed by atoms with Gasteiger partial charge in [-0.2, -0.15) is 0 Å². The number of carboxylic acid groups (broad SMARTS) is 1. The Balaban J connectivity index is 2.10. The summed E-state index contributed by atoms with van der Waals surface area (Å²) in [5, 5.41) is 9.34. The Morgan fingerprint density at radius 2 is 1.64 bits per heavy atom. The van der Waals surface area contributed by atoms with Crippen LogP contribution in [0.25, 0.3) is 0 Å². The molecule has 22 heavy (non-hydrogen) atoms. The Hall–Kier alpha value is -2.69. The quantitative estimate of drug-likeness (QED) is 0.852. The molecule has 5 heteroatoms. The van der Waals surface area contributed by atoms with E-state index >= 15 is 0 Å². The first-order chi connectivity index (χ1) is 10.6. The fourth-order valence-electron chi connectivity index (χ4n) is 2.01. The van der Waals surface area contributed by atoms with Gasteiger partial charge in [0, 0.05) is 6.42 Å². The summed E-state index contributed by atoms with van der Waals surface area (Å²) in [6, 6.07) is 14.1. The minimum absolute atomic E-state index is 0.249. The van der Waals surface area contributed by atoms with Gasteiger partial charge >= 0.3 is 5.97 Å². The van der Waals surface area contributed by atoms with Crippen molar-refractivity contribution in [2.45, 2.75) is 12.5 Å². The van der Waals surface area contributed by atoms with E-state index in [-0.39, 0.29) is 6.42 Å². The van der Waals surface area contributed by atoms with Crippen molar-refractivity contribution in [3.63, 3.8) is 0 Å². The molecule has 0 spiro atoms. The summed E-state index contributed by atoms with van der Waals surface area (Å²) < 4.78 is 15.8. The van der Waals surface area contributed by atoms with E-state index in [1.54, 1.807) is 44.6 Å². The molecule has 0 aliphatic rings. The average Bonchev–Trinajstić information content (AvgIpc) is 2.55. The van der Waals surface area contributed by atoms with E-state index in [1.165, 1.54) is 0 Å². The number of methoxy groups -OCH3 is 2. The summed E-state index contributed by atoms with van der Waals surface area (Å²) >= 11 is 0. The Kier molecular flexibility index (Phi) is 5.25. The molecule has 0 fully saturated rings. The van der Waals surface area contributed by atoms with Crippen molar-refractivity contribution in [3.05, 3.63) is 54.1 Å². The van der Waals surface area contributed by atoms with Gasteiger partial charge in [0.1, 0.15) is 17.2 Å². The van der Waals surface area contributed by atoms with Gasteiger partial charge in [-0.1, -0.05) is 12.1 Å². The summed E-state index contributed by atoms with van der Waals surface area (Å²) in [6.07, 6.45) is -0.723. The van der Waals surface area contributed by atoms with Crippen LogP contribution in [0.15, 0.2) is 48.5 Å². The van der Waals surface area contributed by atoms with Crippen molar-refractivity contribution in [2.75, 3.05) is 14.2 Å². The number of carboxylic acids is 1. The lowest BCUT2D eigenvalue weighted by Crippen LogP contribution is -2.29. The van der Waals surface area contributed by atoms with E-state index in [9.17, 15) is 9.90 Å². The minimum Gasteiger partial charge on any atom is -0.497 e. The molecule has 0 saturated carbocycles. The number of carbonyl (C=O) groups is 1. The lowest BCUT2D eigenvalue weighted by molar-refractivity contribution is -0.145. The molecule has 0 bridgehead atoms. The predicted octanol–water partition coefficient (Wildman–Crippen LogP) is 2.78. The number of aliphatic carboxylic acids is 1. The Morgan fingerprint density at radius 3 is 2.23 bits per heavy atom. The Morgan fingerprint density at radius 1 is 1.00 bits per heavy atom. The molecule has 2 rings (SSSR count). The molecule has 0 heterocycles. The number of hydrogen-bond acceptors (Lipinski definition) is 4. The highest BCUT2D eigenvalue weighted by Crippen LogP contribution is 2.20. The van der Waals surface area contributed by atoms with Gasteiger partial charge in [0.15, 0.2) is 6.10 Å². The molecule has 0 aliphatic heterocycles. The maximum Gasteiger partial charge on any atom is 0.345 e. The van der Waals surface area contributed by atoms with Crippen molar-refractivity contribution >= 4 is 5.97 Å². The second-order valence-electron chi connectivity index (χ2n) is 4.68. The Bertz CT molecular complexity index is 621. The van der Waals surface area contributed by atoms with Gasteiger partial charge in [-0.15, -0.1) is 0 Å². The standard InChI is InChI=1S/C17H18O5/c1-20-13-6-8-14(9-7-13)22-16(17(18)19)11-12-4-3-5-15(10-12)21-2/h3-10,16H,11H2,1-2H3,(H,18,19)/t16-/m0/s1. The number of rotatable bonds is 7. The first kappa shape index (κ1) is 15.7. The van der Waals surface area contributed by atoms with Crippen molar-refractivity contribution in [3.8, 4) is 17.2 Å². The van der Waals surface area contributed by atoms with Gasteiger partial charge in [-0.3, -0.25) is 0 Å². The SMILES string of the molecule is COc1ccc(O[C@@H](Cc2cccc(OC)c2)C(=O)O)cc1. The van der Waals surface area contributed by atoms with Crippen molar-refractivity contribution in [2.24, 2.45) is 0 Å². The highest BCUT2D eigenvalue weighted by Gasteiger charge is 2.20. The zero-order valence-electron chi connectivity index (χ0n) is 12.5. The molecule has 0 radical (unpaired) electrons. The van der Waals surface area contributed by atoms with E-state index in [1.807, 2.05) is 18.2 Å². The van der Waals surface area contributed by atoms with Crippen molar-refractivity contribution in [1.29, 1.82) is 0 Å². The second kappa shape index (κ2) is 7.36. The topological polar surface area (TPSA) is 65.0 Å². The monoisotopic (exact) mass is 302 g/mol. The molecule has 116 valence electrons. The molecule has 0 unspecified atom stereocenters. The minimum atomic E-state index is -1.02. The molecule has 0 aliphatic carbocycles. The van der Waals surface area contributed by atoms with Crippen LogP contribution < -0.4 is 14.2 Å². The highest BCUT2D eigenvalue weighted by molar-refractivity contribution is 5.73. The van der Waals surface area contributed by atoms with Crippen LogP contribution in [0.3, 0.4) is 0 Å². The van der Waals surface area contributed by atoms with E-state index in [4.69, 9.17) is 14.2 Å². The molecular weight excluding hydrogens is 284 g/mol. The molecular formula is C17H18O5. The Labute approximate surface area is 129 Å². The molecule has 2 aromatic carbocycles. The third-order valence-corrected chi connectivity index (χ3v) is 3.17. The van der Waals surface area contributed by atoms with Crippen LogP contribution >= 0.6 is 0 Å². The lowest BCUT2D eigenvalue weighted by atomic mass is 10.1. The zero-order valence-corrected chi connectivity index (χ0v) is 12.5. The van der Waals surface area contributed by atoms with Crippen molar-refractivity contribution < 1.29 is 24.1 Å². The fourth-order valence-corrected chi connectivity index (χ4v) is 2.01. The first-order valence-electron chi connectivity index (χ1n) is 6.79. The molecule has 1 atom stereocenters. The van der Waals surface area contributed by atoms with Crippen LogP contribution in [0.2, 0.25) is 0 Å². The molecule has 1 N–H and O–H groups in total. The summed E-state index contributed by atoms with van der Waals surface area (Å²) in [5.41, 5.74) is 0.834. The highest BCUT2D eigenvalue weighted by atomic mass is 16.5. The predicted molar refractivity (Wildman–Crippen MR) is 81.7 cm³/mol. The van der Waals surface area contributed by atoms with Crippen LogP contribution in [-0.2, 0) is 11.2 Å². The van der Waals surface area contributed by atoms with E-state index in [0.717, 1.165) is 5.56 Å². The first-order valence-corrected chi connectivity index (χ1v) is 6.79. The maximum absolute atomic E-state index is 11.4. The van der Waals surface area contributed by atoms with Crippen LogP contribution in [0.4, 0.5) is 0 Å². The van der Waals surface area contributed by atoms with Gasteiger partial charge in [0.05, 0.1) is 14.2 Å². The van der Waals surface area contributed by atoms with E-state index in [0.29, 0.717) is 17.2 Å². The van der Waals surface area contributed by atoms with Crippen LogP contribution in [0.1, 0.15) is 5.56 Å². The summed E-state index contributed by atoms with van der Waals surface area (Å²) in [5.74, 6) is 0.841. The van der Waals surface area contributed by atoms with Crippen LogP contribution in [0, 0.1) is 0 Å². The average molecular weight is 302 g/mol. The van der Waals surface area contributed by atoms with Gasteiger partial charge in [-0.25, -0.2) is 4.79 Å². The number of ether oxygens (including phenoxy) is 3. The smallest absolute Gasteiger partial charge is 0.345 e. The van der Waals surface area contributed by atoms with Gasteiger partial charge in [0.25, 0.3) is 0 Å². The third kappa shape index (κ3) is 4.15. The molecule has 2 aromatic rings. The molecule has 0 saturated heterocycles. The number of benzene rings is 2. The normalized spacial score (nSPS) is 11.5. The lowest BCUT2D eigenvalue weighted by Gasteiger charge is -2.16. The molecule has 5 nitrogen and oxygen atoms in total. The van der Waals surface area contributed by atoms with Crippen LogP contribution in [-0.4, -0.2) is 31.4 Å². The van der Waals surface area contributed by atoms with Crippen molar-refractivity contribution in [1.82, 2.24) is 0 Å². The second-order valence-corrected chi connectivity index (χ2v) is 4.68. The largest absolute Gasteiger partial charge is 0.497 e. The van der Waals surface area contributed by atoms with E-state index < -0.39 is 12.1 Å². The summed E-state index contributed by atoms with van der Waals surface area (Å²) in [6.45, 7) is 0. The van der Waals surface area contributed by atoms with E-state index in [2.05, 4.69) is 0 Å².